The molecule has 0 saturated carbocycles. The molecule has 0 saturated heterocycles. The molecule has 0 aliphatic heterocycles. The molecule has 1 atom stereocenters. The van der Waals surface area contributed by atoms with E-state index in [4.69, 9.17) is 4.42 Å². The molecule has 0 spiro atoms. The summed E-state index contributed by atoms with van der Waals surface area (Å²) in [6.07, 6.45) is 1.76. The first-order valence-electron chi connectivity index (χ1n) is 10.0. The van der Waals surface area contributed by atoms with Gasteiger partial charge in [-0.25, -0.2) is 0 Å². The molecule has 0 aliphatic rings. The zero-order valence-corrected chi connectivity index (χ0v) is 17.8. The summed E-state index contributed by atoms with van der Waals surface area (Å²) < 4.78 is 5.87. The molecule has 152 valence electrons. The lowest BCUT2D eigenvalue weighted by atomic mass is 9.68. The van der Waals surface area contributed by atoms with Crippen molar-refractivity contribution in [1.82, 2.24) is 0 Å². The maximum absolute atomic E-state index is 12.9. The van der Waals surface area contributed by atoms with Crippen LogP contribution < -0.4 is 5.43 Å². The van der Waals surface area contributed by atoms with E-state index >= 15 is 0 Å². The predicted octanol–water partition coefficient (Wildman–Crippen LogP) is 5.48. The third-order valence-corrected chi connectivity index (χ3v) is 6.24. The van der Waals surface area contributed by atoms with Crippen molar-refractivity contribution in [2.24, 2.45) is 10.8 Å². The van der Waals surface area contributed by atoms with E-state index in [1.54, 1.807) is 26.0 Å². The van der Waals surface area contributed by atoms with Crippen LogP contribution in [0.2, 0.25) is 0 Å². The summed E-state index contributed by atoms with van der Waals surface area (Å²) in [5, 5.41) is 1.11. The van der Waals surface area contributed by atoms with Crippen LogP contribution in [-0.2, 0) is 16.0 Å². The fraction of sp³-hybridized carbons (Fsp3) is 0.400. The third-order valence-electron chi connectivity index (χ3n) is 6.24. The fourth-order valence-corrected chi connectivity index (χ4v) is 3.91. The molecule has 0 fully saturated rings. The van der Waals surface area contributed by atoms with Gasteiger partial charge in [0.25, 0.3) is 0 Å². The van der Waals surface area contributed by atoms with Crippen LogP contribution in [0.5, 0.6) is 0 Å². The molecule has 1 heterocycles. The first-order chi connectivity index (χ1) is 13.5. The normalized spacial score (nSPS) is 14.1. The Balaban J connectivity index is 1.92. The van der Waals surface area contributed by atoms with E-state index < -0.39 is 10.8 Å². The van der Waals surface area contributed by atoms with Crippen LogP contribution in [0.3, 0.4) is 0 Å². The molecule has 0 amide bonds. The molecule has 0 radical (unpaired) electrons. The number of rotatable bonds is 7. The molecule has 3 aromatic rings. The highest BCUT2D eigenvalue weighted by Gasteiger charge is 2.38. The Bertz CT molecular complexity index is 1150. The Hall–Kier alpha value is -2.75. The first-order valence-corrected chi connectivity index (χ1v) is 10.0. The van der Waals surface area contributed by atoms with E-state index in [1.165, 1.54) is 0 Å². The predicted molar refractivity (Wildman–Crippen MR) is 116 cm³/mol. The molecule has 0 N–H and O–H groups in total. The molecular formula is C25H28O4. The molecule has 1 unspecified atom stereocenters. The zero-order valence-electron chi connectivity index (χ0n) is 17.8. The molecule has 0 bridgehead atoms. The van der Waals surface area contributed by atoms with Gasteiger partial charge in [0.1, 0.15) is 22.7 Å². The average molecular weight is 392 g/mol. The van der Waals surface area contributed by atoms with Crippen LogP contribution in [0.4, 0.5) is 0 Å². The molecule has 2 aromatic carbocycles. The quantitative estimate of drug-likeness (QED) is 0.500. The number of benzene rings is 2. The molecule has 4 heteroatoms. The van der Waals surface area contributed by atoms with Gasteiger partial charge < -0.3 is 4.42 Å². The average Bonchev–Trinajstić information content (AvgIpc) is 2.66. The number of fused-ring (bicyclic) bond motifs is 2. The number of ketones is 2. The van der Waals surface area contributed by atoms with Crippen molar-refractivity contribution in [3.8, 4) is 0 Å². The van der Waals surface area contributed by atoms with Gasteiger partial charge in [-0.2, -0.15) is 0 Å². The fourth-order valence-electron chi connectivity index (χ4n) is 3.91. The van der Waals surface area contributed by atoms with Crippen molar-refractivity contribution in [2.75, 3.05) is 0 Å². The largest absolute Gasteiger partial charge is 0.456 e. The molecule has 0 aliphatic carbocycles. The van der Waals surface area contributed by atoms with Crippen molar-refractivity contribution >= 4 is 33.5 Å². The second kappa shape index (κ2) is 7.58. The lowest BCUT2D eigenvalue weighted by Gasteiger charge is -2.34. The van der Waals surface area contributed by atoms with Gasteiger partial charge in [-0.15, -0.1) is 0 Å². The van der Waals surface area contributed by atoms with Gasteiger partial charge >= 0.3 is 0 Å². The number of Topliss-reactive ketones (excluding diaryl/α,β-unsaturated/α-hetero) is 2. The van der Waals surface area contributed by atoms with Gasteiger partial charge in [-0.3, -0.25) is 14.4 Å². The number of aryl methyl sites for hydroxylation is 1. The molecule has 1 aromatic heterocycles. The number of carbonyl (C=O) groups excluding carboxylic acids is 2. The maximum atomic E-state index is 12.9. The molecule has 3 rings (SSSR count). The minimum atomic E-state index is -0.599. The Morgan fingerprint density at radius 2 is 1.55 bits per heavy atom. The highest BCUT2D eigenvalue weighted by molar-refractivity contribution is 5.90. The summed E-state index contributed by atoms with van der Waals surface area (Å²) in [5.41, 5.74) is 0.920. The number of carbonyl (C=O) groups is 2. The summed E-state index contributed by atoms with van der Waals surface area (Å²) in [6.45, 7) is 8.89. The second-order valence-electron chi connectivity index (χ2n) is 8.99. The van der Waals surface area contributed by atoms with Crippen LogP contribution in [-0.4, -0.2) is 11.6 Å². The van der Waals surface area contributed by atoms with Gasteiger partial charge in [-0.1, -0.05) is 39.0 Å². The number of hydrogen-bond donors (Lipinski definition) is 0. The van der Waals surface area contributed by atoms with E-state index in [9.17, 15) is 14.4 Å². The highest BCUT2D eigenvalue weighted by Crippen LogP contribution is 2.39. The first kappa shape index (κ1) is 21.0. The lowest BCUT2D eigenvalue weighted by Crippen LogP contribution is -2.35. The van der Waals surface area contributed by atoms with E-state index in [1.807, 2.05) is 51.1 Å². The van der Waals surface area contributed by atoms with Crippen molar-refractivity contribution in [3.05, 3.63) is 58.3 Å². The summed E-state index contributed by atoms with van der Waals surface area (Å²) in [6, 6.07) is 12.9. The summed E-state index contributed by atoms with van der Waals surface area (Å²) in [5.74, 6) is 0.165. The summed E-state index contributed by atoms with van der Waals surface area (Å²) in [4.78, 5) is 37.3. The van der Waals surface area contributed by atoms with Gasteiger partial charge in [0.15, 0.2) is 0 Å². The van der Waals surface area contributed by atoms with Crippen molar-refractivity contribution in [1.29, 1.82) is 0 Å². The summed E-state index contributed by atoms with van der Waals surface area (Å²) >= 11 is 0. The van der Waals surface area contributed by atoms with Gasteiger partial charge in [0.05, 0.1) is 10.8 Å². The monoisotopic (exact) mass is 392 g/mol. The van der Waals surface area contributed by atoms with Crippen molar-refractivity contribution in [3.63, 3.8) is 0 Å². The topological polar surface area (TPSA) is 64.3 Å². The van der Waals surface area contributed by atoms with Gasteiger partial charge in [0.2, 0.25) is 5.43 Å². The molecule has 4 nitrogen and oxygen atoms in total. The Labute approximate surface area is 170 Å². The standard InChI is InChI=1S/C25H28O4/c1-16(26)24(3,4)15-25(5,17(2)27)13-12-18-10-11-22-20(14-18)23(28)19-8-6-7-9-21(19)29-22/h6-11,14H,12-13,15H2,1-5H3. The molecular weight excluding hydrogens is 364 g/mol. The van der Waals surface area contributed by atoms with Crippen LogP contribution in [0, 0.1) is 10.8 Å². The highest BCUT2D eigenvalue weighted by atomic mass is 16.3. The van der Waals surface area contributed by atoms with E-state index in [2.05, 4.69) is 0 Å². The van der Waals surface area contributed by atoms with E-state index in [0.717, 1.165) is 5.56 Å². The van der Waals surface area contributed by atoms with Crippen LogP contribution >= 0.6 is 0 Å². The van der Waals surface area contributed by atoms with Crippen LogP contribution in [0.25, 0.3) is 21.9 Å². The van der Waals surface area contributed by atoms with Gasteiger partial charge in [0, 0.05) is 10.8 Å². The molecule has 29 heavy (non-hydrogen) atoms. The minimum absolute atomic E-state index is 0.0456. The minimum Gasteiger partial charge on any atom is -0.456 e. The van der Waals surface area contributed by atoms with Crippen molar-refractivity contribution < 1.29 is 14.0 Å². The Morgan fingerprint density at radius 1 is 0.897 bits per heavy atom. The smallest absolute Gasteiger partial charge is 0.200 e. The SMILES string of the molecule is CC(=O)C(C)(C)CC(C)(CCc1ccc2oc3ccccc3c(=O)c2c1)C(C)=O. The zero-order chi connectivity index (χ0) is 21.4. The lowest BCUT2D eigenvalue weighted by molar-refractivity contribution is -0.132. The van der Waals surface area contributed by atoms with Crippen molar-refractivity contribution in [2.45, 2.75) is 53.9 Å². The second-order valence-corrected chi connectivity index (χ2v) is 8.99. The Kier molecular flexibility index (Phi) is 5.48. The third kappa shape index (κ3) is 4.16. The van der Waals surface area contributed by atoms with E-state index in [0.29, 0.717) is 41.2 Å². The Morgan fingerprint density at radius 3 is 2.21 bits per heavy atom. The number of para-hydroxylation sites is 1. The van der Waals surface area contributed by atoms with Gasteiger partial charge in [-0.05, 0) is 62.9 Å². The van der Waals surface area contributed by atoms with E-state index in [-0.39, 0.29) is 17.0 Å². The van der Waals surface area contributed by atoms with Crippen LogP contribution in [0.1, 0.15) is 53.0 Å². The summed E-state index contributed by atoms with van der Waals surface area (Å²) in [7, 11) is 0. The number of hydrogen-bond acceptors (Lipinski definition) is 4. The maximum Gasteiger partial charge on any atom is 0.200 e. The van der Waals surface area contributed by atoms with Crippen LogP contribution in [0.15, 0.2) is 51.7 Å².